The van der Waals surface area contributed by atoms with Crippen molar-refractivity contribution in [2.45, 2.75) is 0 Å². The molecule has 2 N–H and O–H groups in total. The number of amidine groups is 1. The quantitative estimate of drug-likeness (QED) is 0.387. The molecule has 2 rings (SSSR count). The molecule has 0 aliphatic rings. The Hall–Kier alpha value is -3.22. The lowest BCUT2D eigenvalue weighted by molar-refractivity contribution is -0.00118. The third-order valence-electron chi connectivity index (χ3n) is 2.51. The maximum absolute atomic E-state index is 11.6. The van der Waals surface area contributed by atoms with E-state index in [1.807, 2.05) is 0 Å². The van der Waals surface area contributed by atoms with Crippen molar-refractivity contribution in [2.75, 3.05) is 6.79 Å². The van der Waals surface area contributed by atoms with Crippen LogP contribution in [0.1, 0.15) is 15.9 Å². The number of hydrogen-bond donors (Lipinski definition) is 2. The van der Waals surface area contributed by atoms with E-state index in [1.54, 1.807) is 30.3 Å². The number of alkyl carbamates (subject to hydrolysis) is 1. The molecule has 1 heterocycles. The summed E-state index contributed by atoms with van der Waals surface area (Å²) in [5.74, 6) is -0.785. The first-order valence-corrected chi connectivity index (χ1v) is 6.23. The molecule has 0 atom stereocenters. The van der Waals surface area contributed by atoms with Gasteiger partial charge in [-0.2, -0.15) is 0 Å². The number of pyridine rings is 1. The van der Waals surface area contributed by atoms with E-state index in [0.717, 1.165) is 0 Å². The zero-order chi connectivity index (χ0) is 15.8. The van der Waals surface area contributed by atoms with E-state index in [2.05, 4.69) is 21.1 Å². The molecule has 1 radical (unpaired) electrons. The van der Waals surface area contributed by atoms with Gasteiger partial charge < -0.3 is 9.47 Å². The maximum Gasteiger partial charge on any atom is 0.415 e. The molecule has 7 nitrogen and oxygen atoms in total. The van der Waals surface area contributed by atoms with Crippen LogP contribution < -0.4 is 5.32 Å². The van der Waals surface area contributed by atoms with Crippen LogP contribution in [0.5, 0.6) is 0 Å². The van der Waals surface area contributed by atoms with Gasteiger partial charge in [0.2, 0.25) is 6.79 Å². The second kappa shape index (κ2) is 7.53. The average molecular weight is 298 g/mol. The van der Waals surface area contributed by atoms with Crippen molar-refractivity contribution < 1.29 is 19.1 Å². The number of aromatic nitrogens is 1. The van der Waals surface area contributed by atoms with E-state index in [1.165, 1.54) is 18.5 Å². The molecular formula is C15H12N3O4. The van der Waals surface area contributed by atoms with Gasteiger partial charge >= 0.3 is 12.1 Å². The molecule has 7 heteroatoms. The van der Waals surface area contributed by atoms with Crippen molar-refractivity contribution in [3.8, 4) is 0 Å². The standard InChI is InChI=1S/C15H12N3O4/c16-13(11-5-2-1-3-6-11)18-15(20)22-10-21-14(19)12-7-4-8-17-9-12/h2-9H,10H2,(H2,16,18,20). The van der Waals surface area contributed by atoms with E-state index in [0.29, 0.717) is 5.56 Å². The Labute approximate surface area is 126 Å². The third kappa shape index (κ3) is 4.41. The summed E-state index contributed by atoms with van der Waals surface area (Å²) in [6.45, 7) is -0.560. The number of carbonyl (C=O) groups excluding carboxylic acids is 2. The fourth-order valence-corrected chi connectivity index (χ4v) is 1.47. The Kier molecular flexibility index (Phi) is 5.20. The molecule has 22 heavy (non-hydrogen) atoms. The van der Waals surface area contributed by atoms with Gasteiger partial charge in [0.15, 0.2) is 0 Å². The first kappa shape index (κ1) is 15.2. The summed E-state index contributed by atoms with van der Waals surface area (Å²) in [7, 11) is 0. The summed E-state index contributed by atoms with van der Waals surface area (Å²) < 4.78 is 9.41. The van der Waals surface area contributed by atoms with E-state index in [9.17, 15) is 9.59 Å². The number of ether oxygens (including phenoxy) is 2. The van der Waals surface area contributed by atoms with Crippen LogP contribution in [0.15, 0.2) is 48.8 Å². The zero-order valence-electron chi connectivity index (χ0n) is 11.4. The Morgan fingerprint density at radius 1 is 1.18 bits per heavy atom. The number of hydrogen-bond acceptors (Lipinski definition) is 6. The van der Waals surface area contributed by atoms with Crippen molar-refractivity contribution in [1.82, 2.24) is 10.3 Å². The highest BCUT2D eigenvalue weighted by Crippen LogP contribution is 2.00. The molecule has 0 saturated heterocycles. The van der Waals surface area contributed by atoms with Crippen LogP contribution in [0.2, 0.25) is 0 Å². The SMILES string of the molecule is N=C(NC(=O)OCOC(=O)c1cccnc1)c1cc[c]cc1. The normalized spacial score (nSPS) is 9.64. The lowest BCUT2D eigenvalue weighted by Crippen LogP contribution is -2.31. The summed E-state index contributed by atoms with van der Waals surface area (Å²) in [4.78, 5) is 26.8. The number of amides is 1. The van der Waals surface area contributed by atoms with Crippen molar-refractivity contribution in [2.24, 2.45) is 0 Å². The van der Waals surface area contributed by atoms with Crippen molar-refractivity contribution in [3.63, 3.8) is 0 Å². The van der Waals surface area contributed by atoms with Crippen molar-refractivity contribution >= 4 is 17.9 Å². The van der Waals surface area contributed by atoms with Gasteiger partial charge in [-0.3, -0.25) is 15.7 Å². The fourth-order valence-electron chi connectivity index (χ4n) is 1.47. The molecule has 0 fully saturated rings. The molecule has 1 aromatic carbocycles. The molecule has 0 bridgehead atoms. The highest BCUT2D eigenvalue weighted by atomic mass is 16.7. The van der Waals surface area contributed by atoms with Crippen LogP contribution in [-0.2, 0) is 9.47 Å². The Balaban J connectivity index is 1.74. The van der Waals surface area contributed by atoms with E-state index < -0.39 is 18.9 Å². The number of nitrogens with zero attached hydrogens (tertiary/aromatic N) is 1. The number of benzene rings is 1. The van der Waals surface area contributed by atoms with Gasteiger partial charge in [0, 0.05) is 18.0 Å². The lowest BCUT2D eigenvalue weighted by atomic mass is 10.2. The average Bonchev–Trinajstić information content (AvgIpc) is 2.56. The van der Waals surface area contributed by atoms with E-state index in [-0.39, 0.29) is 11.4 Å². The van der Waals surface area contributed by atoms with Gasteiger partial charge in [-0.15, -0.1) is 0 Å². The maximum atomic E-state index is 11.6. The van der Waals surface area contributed by atoms with Crippen LogP contribution in [0.3, 0.4) is 0 Å². The van der Waals surface area contributed by atoms with Crippen molar-refractivity contribution in [1.29, 1.82) is 5.41 Å². The topological polar surface area (TPSA) is 101 Å². The molecule has 0 aliphatic heterocycles. The number of rotatable bonds is 4. The van der Waals surface area contributed by atoms with Gasteiger partial charge in [-0.1, -0.05) is 24.3 Å². The predicted octanol–water partition coefficient (Wildman–Crippen LogP) is 1.75. The monoisotopic (exact) mass is 298 g/mol. The summed E-state index contributed by atoms with van der Waals surface area (Å²) in [6, 6.07) is 12.4. The highest BCUT2D eigenvalue weighted by Gasteiger charge is 2.10. The highest BCUT2D eigenvalue weighted by molar-refractivity contribution is 6.04. The third-order valence-corrected chi connectivity index (χ3v) is 2.51. The van der Waals surface area contributed by atoms with Gasteiger partial charge in [0.25, 0.3) is 0 Å². The van der Waals surface area contributed by atoms with Crippen LogP contribution in [0, 0.1) is 11.5 Å². The number of carbonyl (C=O) groups is 2. The first-order valence-electron chi connectivity index (χ1n) is 6.23. The number of esters is 1. The zero-order valence-corrected chi connectivity index (χ0v) is 11.4. The molecule has 0 saturated carbocycles. The van der Waals surface area contributed by atoms with Gasteiger partial charge in [0.1, 0.15) is 5.84 Å². The summed E-state index contributed by atoms with van der Waals surface area (Å²) >= 11 is 0. The molecule has 111 valence electrons. The first-order chi connectivity index (χ1) is 10.7. The largest absolute Gasteiger partial charge is 0.424 e. The number of nitrogens with one attached hydrogen (secondary N) is 2. The Morgan fingerprint density at radius 2 is 1.95 bits per heavy atom. The molecule has 1 aromatic heterocycles. The summed E-state index contributed by atoms with van der Waals surface area (Å²) in [5.41, 5.74) is 0.753. The Bertz CT molecular complexity index is 659. The predicted molar refractivity (Wildman–Crippen MR) is 76.2 cm³/mol. The molecule has 1 amide bonds. The Morgan fingerprint density at radius 3 is 2.64 bits per heavy atom. The lowest BCUT2D eigenvalue weighted by Gasteiger charge is -2.08. The van der Waals surface area contributed by atoms with E-state index >= 15 is 0 Å². The van der Waals surface area contributed by atoms with Crippen LogP contribution in [0.25, 0.3) is 0 Å². The van der Waals surface area contributed by atoms with E-state index in [4.69, 9.17) is 10.1 Å². The van der Waals surface area contributed by atoms with Crippen LogP contribution >= 0.6 is 0 Å². The molecule has 0 unspecified atom stereocenters. The smallest absolute Gasteiger partial charge is 0.415 e. The molecule has 2 aromatic rings. The van der Waals surface area contributed by atoms with Gasteiger partial charge in [0.05, 0.1) is 5.56 Å². The minimum atomic E-state index is -0.892. The van der Waals surface area contributed by atoms with Gasteiger partial charge in [-0.25, -0.2) is 9.59 Å². The summed E-state index contributed by atoms with van der Waals surface area (Å²) in [6.07, 6.45) is 1.97. The van der Waals surface area contributed by atoms with Crippen LogP contribution in [-0.4, -0.2) is 29.7 Å². The van der Waals surface area contributed by atoms with Crippen molar-refractivity contribution in [3.05, 3.63) is 66.0 Å². The minimum Gasteiger partial charge on any atom is -0.424 e. The summed E-state index contributed by atoms with van der Waals surface area (Å²) in [5, 5.41) is 9.89. The van der Waals surface area contributed by atoms with Gasteiger partial charge in [-0.05, 0) is 18.2 Å². The second-order valence-corrected chi connectivity index (χ2v) is 4.01. The fraction of sp³-hybridized carbons (Fsp3) is 0.0667. The molecule has 0 spiro atoms. The van der Waals surface area contributed by atoms with Crippen LogP contribution in [0.4, 0.5) is 4.79 Å². The second-order valence-electron chi connectivity index (χ2n) is 4.01. The molecular weight excluding hydrogens is 286 g/mol. The molecule has 0 aliphatic carbocycles. The minimum absolute atomic E-state index is 0.127.